The Morgan fingerprint density at radius 1 is 1.13 bits per heavy atom. The zero-order chi connectivity index (χ0) is 17.0. The lowest BCUT2D eigenvalue weighted by Crippen LogP contribution is -2.34. The van der Waals surface area contributed by atoms with Crippen LogP contribution in [0.15, 0.2) is 42.6 Å². The summed E-state index contributed by atoms with van der Waals surface area (Å²) in [4.78, 5) is 15.4. The van der Waals surface area contributed by atoms with Crippen LogP contribution in [0.3, 0.4) is 0 Å². The van der Waals surface area contributed by atoms with Gasteiger partial charge in [-0.25, -0.2) is 4.98 Å². The minimum atomic E-state index is -4.47. The van der Waals surface area contributed by atoms with Gasteiger partial charge >= 0.3 is 6.18 Å². The Bertz CT molecular complexity index is 716. The van der Waals surface area contributed by atoms with Gasteiger partial charge in [-0.05, 0) is 48.6 Å². The fraction of sp³-hybridized carbons (Fsp3) is 0.0714. The molecule has 0 radical (unpaired) electrons. The third-order valence-corrected chi connectivity index (χ3v) is 2.89. The van der Waals surface area contributed by atoms with Gasteiger partial charge in [-0.1, -0.05) is 0 Å². The van der Waals surface area contributed by atoms with E-state index in [1.807, 2.05) is 0 Å². The standard InChI is InChI=1S/C14H10F3N3O2S/c15-14(16,17)9-3-6-11(18-7-9)19-13(23)20-12(22)8-1-4-10(21)5-2-8/h1-7,21H,(H2,18,19,20,22,23). The number of aromatic hydroxyl groups is 1. The number of halogens is 3. The van der Waals surface area contributed by atoms with E-state index in [9.17, 15) is 18.0 Å². The first kappa shape index (κ1) is 16.7. The van der Waals surface area contributed by atoms with Crippen molar-refractivity contribution in [1.29, 1.82) is 0 Å². The molecule has 0 atom stereocenters. The van der Waals surface area contributed by atoms with Gasteiger partial charge in [0.25, 0.3) is 5.91 Å². The van der Waals surface area contributed by atoms with Crippen molar-refractivity contribution in [1.82, 2.24) is 10.3 Å². The zero-order valence-corrected chi connectivity index (χ0v) is 12.2. The maximum absolute atomic E-state index is 12.4. The number of nitrogens with zero attached hydrogens (tertiary/aromatic N) is 1. The lowest BCUT2D eigenvalue weighted by Gasteiger charge is -2.10. The van der Waals surface area contributed by atoms with Crippen molar-refractivity contribution in [2.45, 2.75) is 6.18 Å². The second kappa shape index (κ2) is 6.61. The van der Waals surface area contributed by atoms with Gasteiger partial charge in [0.05, 0.1) is 5.56 Å². The van der Waals surface area contributed by atoms with Crippen molar-refractivity contribution < 1.29 is 23.1 Å². The Morgan fingerprint density at radius 3 is 2.30 bits per heavy atom. The molecular weight excluding hydrogens is 331 g/mol. The molecule has 5 nitrogen and oxygen atoms in total. The SMILES string of the molecule is O=C(NC(=S)Nc1ccc(C(F)(F)F)cn1)c1ccc(O)cc1. The van der Waals surface area contributed by atoms with Crippen LogP contribution in [-0.2, 0) is 6.18 Å². The summed E-state index contributed by atoms with van der Waals surface area (Å²) in [6, 6.07) is 7.40. The van der Waals surface area contributed by atoms with Crippen LogP contribution in [0.1, 0.15) is 15.9 Å². The van der Waals surface area contributed by atoms with Gasteiger partial charge in [0, 0.05) is 11.8 Å². The highest BCUT2D eigenvalue weighted by Gasteiger charge is 2.30. The van der Waals surface area contributed by atoms with Crippen LogP contribution < -0.4 is 10.6 Å². The number of hydrogen-bond acceptors (Lipinski definition) is 4. The highest BCUT2D eigenvalue weighted by Crippen LogP contribution is 2.28. The number of alkyl halides is 3. The van der Waals surface area contributed by atoms with Gasteiger partial charge < -0.3 is 10.4 Å². The average Bonchev–Trinajstić information content (AvgIpc) is 2.47. The van der Waals surface area contributed by atoms with Gasteiger partial charge in [0.1, 0.15) is 11.6 Å². The fourth-order valence-corrected chi connectivity index (χ4v) is 1.77. The number of phenols is 1. The summed E-state index contributed by atoms with van der Waals surface area (Å²) in [5.74, 6) is -0.459. The molecule has 2 rings (SSSR count). The van der Waals surface area contributed by atoms with Gasteiger partial charge in [0.15, 0.2) is 5.11 Å². The van der Waals surface area contributed by atoms with E-state index in [4.69, 9.17) is 17.3 Å². The molecule has 2 aromatic rings. The van der Waals surface area contributed by atoms with Crippen LogP contribution in [0.4, 0.5) is 19.0 Å². The van der Waals surface area contributed by atoms with E-state index in [0.29, 0.717) is 6.20 Å². The molecule has 3 N–H and O–H groups in total. The van der Waals surface area contributed by atoms with Crippen molar-refractivity contribution in [2.24, 2.45) is 0 Å². The number of pyridine rings is 1. The van der Waals surface area contributed by atoms with E-state index in [2.05, 4.69) is 15.6 Å². The molecule has 1 aromatic carbocycles. The molecule has 0 unspecified atom stereocenters. The largest absolute Gasteiger partial charge is 0.508 e. The molecule has 0 spiro atoms. The van der Waals surface area contributed by atoms with Crippen LogP contribution in [0.2, 0.25) is 0 Å². The second-order valence-electron chi connectivity index (χ2n) is 4.38. The monoisotopic (exact) mass is 341 g/mol. The predicted octanol–water partition coefficient (Wildman–Crippen LogP) is 2.93. The molecule has 0 saturated heterocycles. The summed E-state index contributed by atoms with van der Waals surface area (Å²) in [7, 11) is 0. The van der Waals surface area contributed by atoms with E-state index in [0.717, 1.165) is 12.1 Å². The van der Waals surface area contributed by atoms with Gasteiger partial charge in [-0.3, -0.25) is 10.1 Å². The minimum absolute atomic E-state index is 0.0104. The number of hydrogen-bond donors (Lipinski definition) is 3. The molecule has 1 heterocycles. The van der Waals surface area contributed by atoms with Crippen LogP contribution in [0, 0.1) is 0 Å². The number of rotatable bonds is 2. The summed E-state index contributed by atoms with van der Waals surface area (Å²) in [5, 5.41) is 13.9. The number of nitrogens with one attached hydrogen (secondary N) is 2. The van der Waals surface area contributed by atoms with Crippen LogP contribution in [0.5, 0.6) is 5.75 Å². The minimum Gasteiger partial charge on any atom is -0.508 e. The Hall–Kier alpha value is -2.68. The molecule has 0 aliphatic heterocycles. The Balaban J connectivity index is 1.96. The third kappa shape index (κ3) is 4.65. The highest BCUT2D eigenvalue weighted by atomic mass is 32.1. The molecule has 1 aromatic heterocycles. The molecule has 0 fully saturated rings. The summed E-state index contributed by atoms with van der Waals surface area (Å²) in [6.07, 6.45) is -3.81. The predicted molar refractivity (Wildman–Crippen MR) is 81.0 cm³/mol. The van der Waals surface area contributed by atoms with Crippen LogP contribution in [0.25, 0.3) is 0 Å². The maximum atomic E-state index is 12.4. The summed E-state index contributed by atoms with van der Waals surface area (Å²) >= 11 is 4.89. The highest BCUT2D eigenvalue weighted by molar-refractivity contribution is 7.80. The number of amides is 1. The van der Waals surface area contributed by atoms with E-state index in [1.54, 1.807) is 0 Å². The Labute approximate surface area is 134 Å². The number of anilines is 1. The first-order valence-corrected chi connectivity index (χ1v) is 6.61. The van der Waals surface area contributed by atoms with Crippen molar-refractivity contribution >= 4 is 29.1 Å². The number of carbonyl (C=O) groups excluding carboxylic acids is 1. The topological polar surface area (TPSA) is 74.2 Å². The summed E-state index contributed by atoms with van der Waals surface area (Å²) < 4.78 is 37.2. The van der Waals surface area contributed by atoms with E-state index < -0.39 is 17.6 Å². The molecule has 23 heavy (non-hydrogen) atoms. The maximum Gasteiger partial charge on any atom is 0.417 e. The van der Waals surface area contributed by atoms with E-state index in [1.165, 1.54) is 24.3 Å². The lowest BCUT2D eigenvalue weighted by atomic mass is 10.2. The lowest BCUT2D eigenvalue weighted by molar-refractivity contribution is -0.137. The fourth-order valence-electron chi connectivity index (χ4n) is 1.57. The normalized spacial score (nSPS) is 10.9. The smallest absolute Gasteiger partial charge is 0.417 e. The second-order valence-corrected chi connectivity index (χ2v) is 4.79. The quantitative estimate of drug-likeness (QED) is 0.733. The van der Waals surface area contributed by atoms with Crippen molar-refractivity contribution in [3.63, 3.8) is 0 Å². The Kier molecular flexibility index (Phi) is 4.80. The zero-order valence-electron chi connectivity index (χ0n) is 11.4. The molecule has 0 aliphatic rings. The molecule has 0 bridgehead atoms. The molecule has 0 aliphatic carbocycles. The average molecular weight is 341 g/mol. The number of benzene rings is 1. The van der Waals surface area contributed by atoms with Gasteiger partial charge in [0.2, 0.25) is 0 Å². The first-order valence-electron chi connectivity index (χ1n) is 6.20. The molecule has 1 amide bonds. The van der Waals surface area contributed by atoms with Gasteiger partial charge in [-0.15, -0.1) is 0 Å². The Morgan fingerprint density at radius 2 is 1.78 bits per heavy atom. The first-order chi connectivity index (χ1) is 10.8. The van der Waals surface area contributed by atoms with Crippen molar-refractivity contribution in [3.8, 4) is 5.75 Å². The summed E-state index contributed by atoms with van der Waals surface area (Å²) in [5.41, 5.74) is -0.630. The van der Waals surface area contributed by atoms with E-state index in [-0.39, 0.29) is 22.2 Å². The van der Waals surface area contributed by atoms with Crippen LogP contribution in [-0.4, -0.2) is 21.1 Å². The number of phenolic OH excluding ortho intramolecular Hbond substituents is 1. The molecule has 0 saturated carbocycles. The molecule has 120 valence electrons. The number of thiocarbonyl (C=S) groups is 1. The van der Waals surface area contributed by atoms with Crippen molar-refractivity contribution in [3.05, 3.63) is 53.7 Å². The van der Waals surface area contributed by atoms with Crippen LogP contribution >= 0.6 is 12.2 Å². The van der Waals surface area contributed by atoms with Crippen molar-refractivity contribution in [2.75, 3.05) is 5.32 Å². The number of aromatic nitrogens is 1. The number of carbonyl (C=O) groups is 1. The van der Waals surface area contributed by atoms with E-state index >= 15 is 0 Å². The molecular formula is C14H10F3N3O2S. The molecule has 9 heteroatoms. The summed E-state index contributed by atoms with van der Waals surface area (Å²) in [6.45, 7) is 0. The van der Waals surface area contributed by atoms with Gasteiger partial charge in [-0.2, -0.15) is 13.2 Å². The third-order valence-electron chi connectivity index (χ3n) is 2.69.